The van der Waals surface area contributed by atoms with Crippen molar-refractivity contribution in [3.63, 3.8) is 0 Å². The lowest BCUT2D eigenvalue weighted by atomic mass is 10.2. The Labute approximate surface area is 155 Å². The maximum atomic E-state index is 14.6. The van der Waals surface area contributed by atoms with Gasteiger partial charge in [-0.3, -0.25) is 4.99 Å². The number of amidine groups is 1. The molecule has 24 heavy (non-hydrogen) atoms. The molecule has 2 heterocycles. The van der Waals surface area contributed by atoms with Crippen molar-refractivity contribution < 1.29 is 14.3 Å². The van der Waals surface area contributed by atoms with Gasteiger partial charge in [-0.05, 0) is 22.0 Å². The van der Waals surface area contributed by atoms with Crippen molar-refractivity contribution in [3.05, 3.63) is 26.9 Å². The number of amides is 1. The summed E-state index contributed by atoms with van der Waals surface area (Å²) in [6.45, 7) is 1.82. The van der Waals surface area contributed by atoms with E-state index < -0.39 is 11.9 Å². The van der Waals surface area contributed by atoms with E-state index in [-0.39, 0.29) is 26.9 Å². The summed E-state index contributed by atoms with van der Waals surface area (Å²) in [6, 6.07) is 1.52. The van der Waals surface area contributed by atoms with E-state index in [2.05, 4.69) is 25.9 Å². The summed E-state index contributed by atoms with van der Waals surface area (Å²) in [5.74, 6) is -0.0560. The van der Waals surface area contributed by atoms with Crippen LogP contribution in [0.5, 0.6) is 0 Å². The number of hydrogen-bond acceptors (Lipinski definition) is 4. The van der Waals surface area contributed by atoms with Crippen molar-refractivity contribution in [3.8, 4) is 0 Å². The summed E-state index contributed by atoms with van der Waals surface area (Å²) in [7, 11) is 0. The number of rotatable bonds is 0. The van der Waals surface area contributed by atoms with E-state index in [1.54, 1.807) is 0 Å². The predicted molar refractivity (Wildman–Crippen MR) is 94.6 cm³/mol. The topological polar surface area (TPSA) is 68.5 Å². The third kappa shape index (κ3) is 3.22. The van der Waals surface area contributed by atoms with Crippen LogP contribution in [-0.2, 0) is 0 Å². The molecule has 0 unspecified atom stereocenters. The van der Waals surface area contributed by atoms with Gasteiger partial charge in [0, 0.05) is 31.7 Å². The van der Waals surface area contributed by atoms with Gasteiger partial charge in [-0.25, -0.2) is 14.2 Å². The lowest BCUT2D eigenvalue weighted by Crippen LogP contribution is -2.50. The van der Waals surface area contributed by atoms with Crippen LogP contribution in [0.2, 0.25) is 5.02 Å². The average Bonchev–Trinajstić information content (AvgIpc) is 2.73. The Hall–Kier alpha value is -1.38. The molecule has 3 rings (SSSR count). The highest BCUT2D eigenvalue weighted by Gasteiger charge is 2.26. The van der Waals surface area contributed by atoms with Crippen molar-refractivity contribution in [2.24, 2.45) is 9.98 Å². The van der Waals surface area contributed by atoms with E-state index in [4.69, 9.17) is 28.3 Å². The molecular formula is C14H12BrCl2FN4O2. The molecule has 2 aliphatic heterocycles. The van der Waals surface area contributed by atoms with E-state index in [0.717, 1.165) is 0 Å². The molecule has 10 heteroatoms. The molecule has 1 saturated heterocycles. The van der Waals surface area contributed by atoms with E-state index in [1.165, 1.54) is 11.0 Å². The lowest BCUT2D eigenvalue weighted by molar-refractivity contribution is 0.124. The fourth-order valence-corrected chi connectivity index (χ4v) is 3.27. The molecule has 1 aromatic rings. The third-order valence-electron chi connectivity index (χ3n) is 3.87. The quantitative estimate of drug-likeness (QED) is 0.631. The van der Waals surface area contributed by atoms with Gasteiger partial charge in [0.25, 0.3) is 0 Å². The summed E-state index contributed by atoms with van der Waals surface area (Å²) < 4.78 is 14.7. The molecule has 1 N–H and O–H groups in total. The third-order valence-corrected chi connectivity index (χ3v) is 5.50. The van der Waals surface area contributed by atoms with Gasteiger partial charge in [0.05, 0.1) is 16.0 Å². The molecule has 128 valence electrons. The largest absolute Gasteiger partial charge is 0.465 e. The van der Waals surface area contributed by atoms with Crippen LogP contribution in [0.15, 0.2) is 20.5 Å². The van der Waals surface area contributed by atoms with Crippen molar-refractivity contribution in [2.75, 3.05) is 32.7 Å². The van der Waals surface area contributed by atoms with Gasteiger partial charge in [-0.15, -0.1) is 0 Å². The number of hydrogen-bond donors (Lipinski definition) is 1. The SMILES string of the molecule is O=C(O)N1CCN(C2=Nc3c(cc(Cl)c(Br)c3F)C(Cl)=NC2)CC1. The minimum atomic E-state index is -0.950. The first-order valence-corrected chi connectivity index (χ1v) is 8.61. The summed E-state index contributed by atoms with van der Waals surface area (Å²) in [5, 5.41) is 9.34. The van der Waals surface area contributed by atoms with Crippen LogP contribution < -0.4 is 0 Å². The first-order chi connectivity index (χ1) is 11.4. The molecule has 0 atom stereocenters. The van der Waals surface area contributed by atoms with Crippen molar-refractivity contribution in [1.29, 1.82) is 0 Å². The molecule has 0 saturated carbocycles. The van der Waals surface area contributed by atoms with E-state index >= 15 is 0 Å². The monoisotopic (exact) mass is 436 g/mol. The highest BCUT2D eigenvalue weighted by Crippen LogP contribution is 2.37. The van der Waals surface area contributed by atoms with Gasteiger partial charge >= 0.3 is 6.09 Å². The van der Waals surface area contributed by atoms with Crippen LogP contribution in [0.4, 0.5) is 14.9 Å². The molecule has 1 amide bonds. The summed E-state index contributed by atoms with van der Waals surface area (Å²) in [5.41, 5.74) is 0.412. The molecule has 0 radical (unpaired) electrons. The van der Waals surface area contributed by atoms with Crippen LogP contribution in [0.25, 0.3) is 0 Å². The highest BCUT2D eigenvalue weighted by molar-refractivity contribution is 9.10. The molecule has 6 nitrogen and oxygen atoms in total. The molecule has 0 aliphatic carbocycles. The Kier molecular flexibility index (Phi) is 4.98. The Bertz CT molecular complexity index is 764. The van der Waals surface area contributed by atoms with Gasteiger partial charge < -0.3 is 14.9 Å². The predicted octanol–water partition coefficient (Wildman–Crippen LogP) is 3.57. The Morgan fingerprint density at radius 1 is 1.29 bits per heavy atom. The molecule has 0 bridgehead atoms. The second-order valence-electron chi connectivity index (χ2n) is 5.27. The fourth-order valence-electron chi connectivity index (χ4n) is 2.57. The molecule has 2 aliphatic rings. The fraction of sp³-hybridized carbons (Fsp3) is 0.357. The first kappa shape index (κ1) is 17.4. The average molecular weight is 438 g/mol. The van der Waals surface area contributed by atoms with E-state index in [1.807, 2.05) is 4.90 Å². The van der Waals surface area contributed by atoms with Gasteiger partial charge in [-0.1, -0.05) is 23.2 Å². The second-order valence-corrected chi connectivity index (χ2v) is 6.83. The van der Waals surface area contributed by atoms with Crippen LogP contribution in [0.3, 0.4) is 0 Å². The van der Waals surface area contributed by atoms with Crippen LogP contribution >= 0.6 is 39.1 Å². The summed E-state index contributed by atoms with van der Waals surface area (Å²) in [4.78, 5) is 22.8. The second kappa shape index (κ2) is 6.85. The zero-order valence-corrected chi connectivity index (χ0v) is 15.4. The summed E-state index contributed by atoms with van der Waals surface area (Å²) >= 11 is 15.2. The first-order valence-electron chi connectivity index (χ1n) is 7.06. The number of nitrogens with zero attached hydrogens (tertiary/aromatic N) is 4. The minimum Gasteiger partial charge on any atom is -0.465 e. The molecular weight excluding hydrogens is 426 g/mol. The van der Waals surface area contributed by atoms with Gasteiger partial charge in [0.2, 0.25) is 0 Å². The number of fused-ring (bicyclic) bond motifs is 1. The van der Waals surface area contributed by atoms with Crippen LogP contribution in [0.1, 0.15) is 5.56 Å². The number of piperazine rings is 1. The zero-order valence-electron chi connectivity index (χ0n) is 12.3. The Morgan fingerprint density at radius 2 is 1.96 bits per heavy atom. The Morgan fingerprint density at radius 3 is 2.58 bits per heavy atom. The smallest absolute Gasteiger partial charge is 0.407 e. The molecule has 0 spiro atoms. The van der Waals surface area contributed by atoms with Crippen molar-refractivity contribution in [2.45, 2.75) is 0 Å². The van der Waals surface area contributed by atoms with Crippen molar-refractivity contribution in [1.82, 2.24) is 9.80 Å². The standard InChI is InChI=1S/C14H12BrCl2FN4O2/c15-10-8(16)5-7-12(11(10)18)20-9(6-19-13(7)17)21-1-3-22(4-2-21)14(23)24/h5H,1-4,6H2,(H,23,24). The van der Waals surface area contributed by atoms with Gasteiger partial charge in [0.1, 0.15) is 16.7 Å². The number of carbonyl (C=O) groups is 1. The number of halogens is 4. The van der Waals surface area contributed by atoms with Gasteiger partial charge in [0.15, 0.2) is 5.82 Å². The van der Waals surface area contributed by atoms with Crippen LogP contribution in [-0.4, -0.2) is 64.7 Å². The normalized spacial score (nSPS) is 17.8. The van der Waals surface area contributed by atoms with Crippen LogP contribution in [0, 0.1) is 5.82 Å². The minimum absolute atomic E-state index is 0.0770. The molecule has 0 aromatic heterocycles. The zero-order chi connectivity index (χ0) is 17.4. The highest BCUT2D eigenvalue weighted by atomic mass is 79.9. The Balaban J connectivity index is 1.95. The molecule has 1 fully saturated rings. The van der Waals surface area contributed by atoms with E-state index in [0.29, 0.717) is 37.6 Å². The maximum Gasteiger partial charge on any atom is 0.407 e. The number of carboxylic acid groups (broad SMARTS) is 1. The number of aliphatic imine (C=N–C) groups is 2. The molecule has 1 aromatic carbocycles. The van der Waals surface area contributed by atoms with Crippen molar-refractivity contribution >= 4 is 61.9 Å². The summed E-state index contributed by atoms with van der Waals surface area (Å²) in [6.07, 6.45) is -0.950. The van der Waals surface area contributed by atoms with E-state index in [9.17, 15) is 9.18 Å². The van der Waals surface area contributed by atoms with Gasteiger partial charge in [-0.2, -0.15) is 0 Å². The lowest BCUT2D eigenvalue weighted by Gasteiger charge is -2.34. The maximum absolute atomic E-state index is 14.6. The number of benzene rings is 1.